The largest absolute Gasteiger partial charge is 0.396 e. The van der Waals surface area contributed by atoms with Crippen LogP contribution in [0.15, 0.2) is 0 Å². The lowest BCUT2D eigenvalue weighted by Gasteiger charge is -2.29. The lowest BCUT2D eigenvalue weighted by atomic mass is 10.1. The molecule has 2 unspecified atom stereocenters. The molecule has 13 heavy (non-hydrogen) atoms. The van der Waals surface area contributed by atoms with Crippen molar-refractivity contribution in [3.8, 4) is 0 Å². The third kappa shape index (κ3) is 2.96. The van der Waals surface area contributed by atoms with Crippen LogP contribution in [-0.4, -0.2) is 35.2 Å². The summed E-state index contributed by atoms with van der Waals surface area (Å²) >= 11 is 0. The van der Waals surface area contributed by atoms with Crippen LogP contribution in [0, 0.1) is 0 Å². The van der Waals surface area contributed by atoms with E-state index in [2.05, 4.69) is 18.7 Å². The minimum absolute atomic E-state index is 0.352. The van der Waals surface area contributed by atoms with Crippen molar-refractivity contribution in [2.45, 2.75) is 58.0 Å². The average Bonchev–Trinajstić information content (AvgIpc) is 2.61. The van der Waals surface area contributed by atoms with E-state index >= 15 is 0 Å². The number of rotatable bonds is 5. The molecule has 0 amide bonds. The van der Waals surface area contributed by atoms with Gasteiger partial charge >= 0.3 is 0 Å². The fourth-order valence-electron chi connectivity index (χ4n) is 2.31. The summed E-state index contributed by atoms with van der Waals surface area (Å²) in [5.74, 6) is 0. The molecule has 0 aliphatic carbocycles. The van der Waals surface area contributed by atoms with Gasteiger partial charge in [0.15, 0.2) is 0 Å². The second kappa shape index (κ2) is 5.61. The SMILES string of the molecule is CCC(C)N1CCCC1CCCO. The summed E-state index contributed by atoms with van der Waals surface area (Å²) in [6.45, 7) is 6.19. The smallest absolute Gasteiger partial charge is 0.0431 e. The summed E-state index contributed by atoms with van der Waals surface area (Å²) in [6.07, 6.45) is 6.08. The van der Waals surface area contributed by atoms with E-state index in [4.69, 9.17) is 5.11 Å². The molecule has 0 aromatic carbocycles. The highest BCUT2D eigenvalue weighted by molar-refractivity contribution is 4.82. The number of aliphatic hydroxyl groups excluding tert-OH is 1. The molecule has 0 aromatic heterocycles. The molecule has 1 fully saturated rings. The van der Waals surface area contributed by atoms with Crippen molar-refractivity contribution in [1.29, 1.82) is 0 Å². The van der Waals surface area contributed by atoms with Crippen LogP contribution < -0.4 is 0 Å². The molecule has 1 saturated heterocycles. The molecule has 1 rings (SSSR count). The summed E-state index contributed by atoms with van der Waals surface area (Å²) in [6, 6.07) is 1.48. The van der Waals surface area contributed by atoms with Crippen LogP contribution >= 0.6 is 0 Å². The van der Waals surface area contributed by atoms with E-state index in [1.165, 1.54) is 32.2 Å². The van der Waals surface area contributed by atoms with Crippen molar-refractivity contribution in [2.24, 2.45) is 0 Å². The van der Waals surface area contributed by atoms with Crippen LogP contribution in [0.4, 0.5) is 0 Å². The van der Waals surface area contributed by atoms with Crippen LogP contribution in [0.5, 0.6) is 0 Å². The second-order valence-electron chi connectivity index (χ2n) is 4.16. The van der Waals surface area contributed by atoms with E-state index in [1.54, 1.807) is 0 Å². The topological polar surface area (TPSA) is 23.5 Å². The van der Waals surface area contributed by atoms with Crippen molar-refractivity contribution in [2.75, 3.05) is 13.2 Å². The summed E-state index contributed by atoms with van der Waals surface area (Å²) in [4.78, 5) is 2.62. The third-order valence-corrected chi connectivity index (χ3v) is 3.28. The van der Waals surface area contributed by atoms with Crippen LogP contribution in [0.1, 0.15) is 46.0 Å². The Morgan fingerprint density at radius 1 is 1.54 bits per heavy atom. The molecule has 1 aliphatic rings. The normalized spacial score (nSPS) is 26.5. The van der Waals surface area contributed by atoms with Gasteiger partial charge in [-0.1, -0.05) is 6.92 Å². The van der Waals surface area contributed by atoms with Gasteiger partial charge in [-0.25, -0.2) is 0 Å². The van der Waals surface area contributed by atoms with Gasteiger partial charge in [-0.3, -0.25) is 4.90 Å². The molecule has 0 saturated carbocycles. The summed E-state index contributed by atoms with van der Waals surface area (Å²) in [7, 11) is 0. The van der Waals surface area contributed by atoms with Gasteiger partial charge in [-0.05, 0) is 45.6 Å². The molecule has 1 aliphatic heterocycles. The van der Waals surface area contributed by atoms with E-state index in [1.807, 2.05) is 0 Å². The number of aliphatic hydroxyl groups is 1. The summed E-state index contributed by atoms with van der Waals surface area (Å²) in [5, 5.41) is 8.79. The molecule has 0 bridgehead atoms. The Balaban J connectivity index is 2.34. The summed E-state index contributed by atoms with van der Waals surface area (Å²) < 4.78 is 0. The number of hydrogen-bond donors (Lipinski definition) is 1. The van der Waals surface area contributed by atoms with E-state index in [9.17, 15) is 0 Å². The number of likely N-dealkylation sites (tertiary alicyclic amines) is 1. The molecule has 1 N–H and O–H groups in total. The van der Waals surface area contributed by atoms with Gasteiger partial charge in [0.05, 0.1) is 0 Å². The van der Waals surface area contributed by atoms with E-state index < -0.39 is 0 Å². The van der Waals surface area contributed by atoms with Crippen LogP contribution in [0.25, 0.3) is 0 Å². The average molecular weight is 185 g/mol. The first-order valence-corrected chi connectivity index (χ1v) is 5.66. The Hall–Kier alpha value is -0.0800. The Bertz CT molecular complexity index is 138. The van der Waals surface area contributed by atoms with Gasteiger partial charge in [0, 0.05) is 18.7 Å². The first-order chi connectivity index (χ1) is 6.29. The molecular weight excluding hydrogens is 162 g/mol. The van der Waals surface area contributed by atoms with E-state index in [0.717, 1.165) is 18.5 Å². The van der Waals surface area contributed by atoms with Crippen LogP contribution in [0.3, 0.4) is 0 Å². The molecule has 0 radical (unpaired) electrons. The van der Waals surface area contributed by atoms with Gasteiger partial charge < -0.3 is 5.11 Å². The highest BCUT2D eigenvalue weighted by Crippen LogP contribution is 2.24. The molecule has 2 heteroatoms. The predicted molar refractivity (Wildman–Crippen MR) is 55.8 cm³/mol. The number of hydrogen-bond acceptors (Lipinski definition) is 2. The molecular formula is C11H23NO. The second-order valence-corrected chi connectivity index (χ2v) is 4.16. The lowest BCUT2D eigenvalue weighted by Crippen LogP contribution is -2.36. The zero-order chi connectivity index (χ0) is 9.68. The molecule has 2 nitrogen and oxygen atoms in total. The Labute approximate surface area is 81.9 Å². The molecule has 0 spiro atoms. The van der Waals surface area contributed by atoms with Gasteiger partial charge in [0.2, 0.25) is 0 Å². The van der Waals surface area contributed by atoms with Crippen LogP contribution in [-0.2, 0) is 0 Å². The fraction of sp³-hybridized carbons (Fsp3) is 1.00. The molecule has 0 aromatic rings. The van der Waals surface area contributed by atoms with Crippen molar-refractivity contribution < 1.29 is 5.11 Å². The third-order valence-electron chi connectivity index (χ3n) is 3.28. The maximum Gasteiger partial charge on any atom is 0.0431 e. The van der Waals surface area contributed by atoms with Crippen molar-refractivity contribution in [1.82, 2.24) is 4.90 Å². The molecule has 1 heterocycles. The minimum Gasteiger partial charge on any atom is -0.396 e. The zero-order valence-corrected chi connectivity index (χ0v) is 9.00. The van der Waals surface area contributed by atoms with Gasteiger partial charge in [0.25, 0.3) is 0 Å². The monoisotopic (exact) mass is 185 g/mol. The Morgan fingerprint density at radius 2 is 2.31 bits per heavy atom. The number of nitrogens with zero attached hydrogens (tertiary/aromatic N) is 1. The van der Waals surface area contributed by atoms with E-state index in [0.29, 0.717) is 6.61 Å². The maximum absolute atomic E-state index is 8.79. The Kier molecular flexibility index (Phi) is 4.74. The lowest BCUT2D eigenvalue weighted by molar-refractivity contribution is 0.168. The van der Waals surface area contributed by atoms with Gasteiger partial charge in [-0.2, -0.15) is 0 Å². The maximum atomic E-state index is 8.79. The minimum atomic E-state index is 0.352. The first kappa shape index (κ1) is 11.0. The fourth-order valence-corrected chi connectivity index (χ4v) is 2.31. The molecule has 2 atom stereocenters. The summed E-state index contributed by atoms with van der Waals surface area (Å²) in [5.41, 5.74) is 0. The van der Waals surface area contributed by atoms with Crippen molar-refractivity contribution in [3.05, 3.63) is 0 Å². The first-order valence-electron chi connectivity index (χ1n) is 5.66. The zero-order valence-electron chi connectivity index (χ0n) is 9.00. The standard InChI is InChI=1S/C11H23NO/c1-3-10(2)12-8-4-6-11(12)7-5-9-13/h10-11,13H,3-9H2,1-2H3. The predicted octanol–water partition coefficient (Wildman–Crippen LogP) is 2.02. The Morgan fingerprint density at radius 3 is 2.92 bits per heavy atom. The van der Waals surface area contributed by atoms with Crippen molar-refractivity contribution >= 4 is 0 Å². The highest BCUT2D eigenvalue weighted by atomic mass is 16.2. The van der Waals surface area contributed by atoms with Crippen molar-refractivity contribution in [3.63, 3.8) is 0 Å². The highest BCUT2D eigenvalue weighted by Gasteiger charge is 2.26. The van der Waals surface area contributed by atoms with Gasteiger partial charge in [0.1, 0.15) is 0 Å². The van der Waals surface area contributed by atoms with E-state index in [-0.39, 0.29) is 0 Å². The quantitative estimate of drug-likeness (QED) is 0.708. The van der Waals surface area contributed by atoms with Gasteiger partial charge in [-0.15, -0.1) is 0 Å². The van der Waals surface area contributed by atoms with Crippen LogP contribution in [0.2, 0.25) is 0 Å². The molecule has 78 valence electrons.